The van der Waals surface area contributed by atoms with Crippen LogP contribution in [0, 0.1) is 11.3 Å². The molecule has 0 radical (unpaired) electrons. The lowest BCUT2D eigenvalue weighted by atomic mass is 9.58. The van der Waals surface area contributed by atoms with E-state index in [0.717, 1.165) is 25.7 Å². The standard InChI is InChI=1S/C11H19F/c1-10(2)7-5-9-4-3-6-11(10,12)8-9/h9H,3-8H2,1-2H3. The summed E-state index contributed by atoms with van der Waals surface area (Å²) in [5.41, 5.74) is -0.877. The van der Waals surface area contributed by atoms with Gasteiger partial charge in [-0.05, 0) is 43.4 Å². The molecule has 0 saturated heterocycles. The summed E-state index contributed by atoms with van der Waals surface area (Å²) >= 11 is 0. The average Bonchev–Trinajstić information content (AvgIpc) is 1.99. The van der Waals surface area contributed by atoms with Crippen molar-refractivity contribution in [1.82, 2.24) is 0 Å². The molecular weight excluding hydrogens is 151 g/mol. The molecule has 1 heteroatoms. The predicted octanol–water partition coefficient (Wildman–Crippen LogP) is 3.70. The van der Waals surface area contributed by atoms with Gasteiger partial charge < -0.3 is 0 Å². The molecule has 2 saturated carbocycles. The monoisotopic (exact) mass is 170 g/mol. The molecule has 70 valence electrons. The highest BCUT2D eigenvalue weighted by Crippen LogP contribution is 2.54. The molecule has 0 spiro atoms. The zero-order chi connectivity index (χ0) is 8.82. The van der Waals surface area contributed by atoms with Crippen LogP contribution in [-0.2, 0) is 0 Å². The molecule has 0 aromatic heterocycles. The van der Waals surface area contributed by atoms with Gasteiger partial charge in [0, 0.05) is 0 Å². The molecule has 0 aromatic rings. The van der Waals surface area contributed by atoms with Gasteiger partial charge in [-0.25, -0.2) is 4.39 Å². The second-order valence-electron chi connectivity index (χ2n) is 5.35. The Hall–Kier alpha value is -0.0700. The second-order valence-corrected chi connectivity index (χ2v) is 5.35. The van der Waals surface area contributed by atoms with Crippen LogP contribution in [0.1, 0.15) is 52.4 Å². The third-order valence-electron chi connectivity index (χ3n) is 4.19. The number of fused-ring (bicyclic) bond motifs is 2. The van der Waals surface area contributed by atoms with Crippen molar-refractivity contribution in [1.29, 1.82) is 0 Å². The van der Waals surface area contributed by atoms with Gasteiger partial charge in [-0.3, -0.25) is 0 Å². The van der Waals surface area contributed by atoms with Crippen molar-refractivity contribution in [2.45, 2.75) is 58.0 Å². The molecule has 2 aliphatic rings. The maximum Gasteiger partial charge on any atom is 0.116 e. The van der Waals surface area contributed by atoms with E-state index in [9.17, 15) is 4.39 Å². The van der Waals surface area contributed by atoms with Gasteiger partial charge in [0.05, 0.1) is 0 Å². The van der Waals surface area contributed by atoms with Gasteiger partial charge in [-0.1, -0.05) is 20.3 Å². The molecular formula is C11H19F. The van der Waals surface area contributed by atoms with Crippen LogP contribution < -0.4 is 0 Å². The molecule has 0 N–H and O–H groups in total. The molecule has 2 aliphatic carbocycles. The summed E-state index contributed by atoms with van der Waals surface area (Å²) in [6.07, 6.45) is 6.41. The number of halogens is 1. The van der Waals surface area contributed by atoms with Gasteiger partial charge in [-0.15, -0.1) is 0 Å². The van der Waals surface area contributed by atoms with Crippen molar-refractivity contribution in [2.24, 2.45) is 11.3 Å². The third kappa shape index (κ3) is 1.09. The van der Waals surface area contributed by atoms with Gasteiger partial charge in [0.2, 0.25) is 0 Å². The summed E-state index contributed by atoms with van der Waals surface area (Å²) in [6, 6.07) is 0. The quantitative estimate of drug-likeness (QED) is 0.520. The number of hydrogen-bond donors (Lipinski definition) is 0. The van der Waals surface area contributed by atoms with Gasteiger partial charge in [-0.2, -0.15) is 0 Å². The van der Waals surface area contributed by atoms with E-state index in [0.29, 0.717) is 5.92 Å². The summed E-state index contributed by atoms with van der Waals surface area (Å²) < 4.78 is 14.4. The summed E-state index contributed by atoms with van der Waals surface area (Å²) in [7, 11) is 0. The van der Waals surface area contributed by atoms with E-state index in [1.165, 1.54) is 12.8 Å². The summed E-state index contributed by atoms with van der Waals surface area (Å²) in [6.45, 7) is 4.21. The highest BCUT2D eigenvalue weighted by molar-refractivity contribution is 5.01. The van der Waals surface area contributed by atoms with Crippen LogP contribution in [-0.4, -0.2) is 5.67 Å². The molecule has 0 nitrogen and oxygen atoms in total. The van der Waals surface area contributed by atoms with Crippen molar-refractivity contribution in [2.75, 3.05) is 0 Å². The Morgan fingerprint density at radius 3 is 2.58 bits per heavy atom. The molecule has 12 heavy (non-hydrogen) atoms. The van der Waals surface area contributed by atoms with Crippen molar-refractivity contribution in [3.05, 3.63) is 0 Å². The Labute approximate surface area is 74.5 Å². The average molecular weight is 170 g/mol. The molecule has 2 unspecified atom stereocenters. The first-order valence-electron chi connectivity index (χ1n) is 5.22. The molecule has 2 atom stereocenters. The summed E-state index contributed by atoms with van der Waals surface area (Å²) in [4.78, 5) is 0. The maximum atomic E-state index is 14.4. The first-order valence-corrected chi connectivity index (χ1v) is 5.22. The molecule has 2 fully saturated rings. The molecule has 0 heterocycles. The second kappa shape index (κ2) is 2.46. The molecule has 2 rings (SSSR count). The fraction of sp³-hybridized carbons (Fsp3) is 1.00. The fourth-order valence-corrected chi connectivity index (χ4v) is 2.98. The van der Waals surface area contributed by atoms with E-state index in [1.807, 2.05) is 0 Å². The lowest BCUT2D eigenvalue weighted by molar-refractivity contribution is -0.0739. The van der Waals surface area contributed by atoms with E-state index >= 15 is 0 Å². The maximum absolute atomic E-state index is 14.4. The Balaban J connectivity index is 2.22. The van der Waals surface area contributed by atoms with Crippen LogP contribution in [0.2, 0.25) is 0 Å². The van der Waals surface area contributed by atoms with Crippen LogP contribution in [0.15, 0.2) is 0 Å². The Morgan fingerprint density at radius 2 is 1.92 bits per heavy atom. The Morgan fingerprint density at radius 1 is 1.17 bits per heavy atom. The molecule has 0 amide bonds. The zero-order valence-corrected chi connectivity index (χ0v) is 8.20. The topological polar surface area (TPSA) is 0 Å². The van der Waals surface area contributed by atoms with Gasteiger partial charge in [0.1, 0.15) is 5.67 Å². The number of rotatable bonds is 0. The first kappa shape index (κ1) is 8.52. The van der Waals surface area contributed by atoms with E-state index in [4.69, 9.17) is 0 Å². The minimum Gasteiger partial charge on any atom is -0.243 e. The van der Waals surface area contributed by atoms with E-state index in [-0.39, 0.29) is 5.41 Å². The minimum absolute atomic E-state index is 0.0517. The normalized spacial score (nSPS) is 45.8. The molecule has 0 aliphatic heterocycles. The van der Waals surface area contributed by atoms with E-state index < -0.39 is 5.67 Å². The Kier molecular flexibility index (Phi) is 1.75. The highest BCUT2D eigenvalue weighted by atomic mass is 19.1. The predicted molar refractivity (Wildman–Crippen MR) is 48.8 cm³/mol. The van der Waals surface area contributed by atoms with Crippen LogP contribution >= 0.6 is 0 Å². The fourth-order valence-electron chi connectivity index (χ4n) is 2.98. The SMILES string of the molecule is CC1(C)CCC2CCCC1(F)C2. The lowest BCUT2D eigenvalue weighted by Gasteiger charge is -2.50. The lowest BCUT2D eigenvalue weighted by Crippen LogP contribution is -2.48. The van der Waals surface area contributed by atoms with Gasteiger partial charge in [0.25, 0.3) is 0 Å². The zero-order valence-electron chi connectivity index (χ0n) is 8.20. The van der Waals surface area contributed by atoms with Crippen molar-refractivity contribution < 1.29 is 4.39 Å². The van der Waals surface area contributed by atoms with E-state index in [1.54, 1.807) is 0 Å². The first-order chi connectivity index (χ1) is 5.54. The summed E-state index contributed by atoms with van der Waals surface area (Å²) in [5, 5.41) is 0. The van der Waals surface area contributed by atoms with Crippen molar-refractivity contribution in [3.63, 3.8) is 0 Å². The van der Waals surface area contributed by atoms with E-state index in [2.05, 4.69) is 13.8 Å². The largest absolute Gasteiger partial charge is 0.243 e. The Bertz CT molecular complexity index is 185. The van der Waals surface area contributed by atoms with Crippen LogP contribution in [0.3, 0.4) is 0 Å². The number of alkyl halides is 1. The van der Waals surface area contributed by atoms with Crippen LogP contribution in [0.4, 0.5) is 4.39 Å². The summed E-state index contributed by atoms with van der Waals surface area (Å²) in [5.74, 6) is 0.705. The molecule has 0 aromatic carbocycles. The van der Waals surface area contributed by atoms with Crippen LogP contribution in [0.5, 0.6) is 0 Å². The van der Waals surface area contributed by atoms with Crippen molar-refractivity contribution in [3.8, 4) is 0 Å². The highest BCUT2D eigenvalue weighted by Gasteiger charge is 2.51. The number of hydrogen-bond acceptors (Lipinski definition) is 0. The van der Waals surface area contributed by atoms with Gasteiger partial charge >= 0.3 is 0 Å². The van der Waals surface area contributed by atoms with Gasteiger partial charge in [0.15, 0.2) is 0 Å². The van der Waals surface area contributed by atoms with Crippen LogP contribution in [0.25, 0.3) is 0 Å². The smallest absolute Gasteiger partial charge is 0.116 e. The van der Waals surface area contributed by atoms with Crippen molar-refractivity contribution >= 4 is 0 Å². The minimum atomic E-state index is -0.825. The third-order valence-corrected chi connectivity index (χ3v) is 4.19. The molecule has 2 bridgehead atoms.